The second kappa shape index (κ2) is 7.96. The Bertz CT molecular complexity index is 341. The highest BCUT2D eigenvalue weighted by atomic mass is 32.1. The summed E-state index contributed by atoms with van der Waals surface area (Å²) in [4.78, 5) is 2.96. The number of thiophene rings is 1. The van der Waals surface area contributed by atoms with E-state index in [1.807, 2.05) is 11.3 Å². The maximum absolute atomic E-state index is 3.53. The highest BCUT2D eigenvalue weighted by Gasteiger charge is 2.06. The summed E-state index contributed by atoms with van der Waals surface area (Å²) in [6.07, 6.45) is 3.87. The van der Waals surface area contributed by atoms with Crippen LogP contribution in [0.5, 0.6) is 0 Å². The molecule has 1 N–H and O–H groups in total. The fourth-order valence-electron chi connectivity index (χ4n) is 2.22. The molecule has 1 nitrogen and oxygen atoms in total. The van der Waals surface area contributed by atoms with Crippen molar-refractivity contribution < 1.29 is 0 Å². The fraction of sp³-hybridized carbons (Fsp3) is 0.750. The molecule has 0 bridgehead atoms. The van der Waals surface area contributed by atoms with Gasteiger partial charge in [-0.15, -0.1) is 11.3 Å². The van der Waals surface area contributed by atoms with Gasteiger partial charge in [0.15, 0.2) is 0 Å². The van der Waals surface area contributed by atoms with Crippen molar-refractivity contribution in [3.63, 3.8) is 0 Å². The van der Waals surface area contributed by atoms with Gasteiger partial charge in [-0.1, -0.05) is 20.8 Å². The van der Waals surface area contributed by atoms with Crippen LogP contribution < -0.4 is 5.32 Å². The maximum atomic E-state index is 3.53. The minimum Gasteiger partial charge on any atom is -0.316 e. The van der Waals surface area contributed by atoms with Crippen LogP contribution in [0, 0.1) is 25.7 Å². The molecule has 1 aromatic heterocycles. The van der Waals surface area contributed by atoms with Crippen LogP contribution in [0.2, 0.25) is 0 Å². The van der Waals surface area contributed by atoms with E-state index in [4.69, 9.17) is 0 Å². The van der Waals surface area contributed by atoms with E-state index in [0.29, 0.717) is 0 Å². The summed E-state index contributed by atoms with van der Waals surface area (Å²) in [7, 11) is 0. The molecular formula is C16H29NS. The SMILES string of the molecule is Cc1cc(CCC(C)CCNCC(C)C)c(C)s1. The molecule has 0 radical (unpaired) electrons. The monoisotopic (exact) mass is 267 g/mol. The lowest BCUT2D eigenvalue weighted by Gasteiger charge is -2.13. The van der Waals surface area contributed by atoms with Crippen LogP contribution >= 0.6 is 11.3 Å². The average molecular weight is 267 g/mol. The Kier molecular flexibility index (Phi) is 6.95. The van der Waals surface area contributed by atoms with Crippen molar-refractivity contribution in [2.75, 3.05) is 13.1 Å². The number of hydrogen-bond donors (Lipinski definition) is 1. The predicted molar refractivity (Wildman–Crippen MR) is 83.6 cm³/mol. The molecule has 1 rings (SSSR count). The van der Waals surface area contributed by atoms with Gasteiger partial charge in [0.05, 0.1) is 0 Å². The first-order chi connectivity index (χ1) is 8.49. The molecule has 0 aliphatic carbocycles. The van der Waals surface area contributed by atoms with Crippen molar-refractivity contribution >= 4 is 11.3 Å². The van der Waals surface area contributed by atoms with Gasteiger partial charge in [0, 0.05) is 9.75 Å². The summed E-state index contributed by atoms with van der Waals surface area (Å²) in [6, 6.07) is 2.36. The Labute approximate surface area is 117 Å². The van der Waals surface area contributed by atoms with Crippen LogP contribution in [-0.4, -0.2) is 13.1 Å². The van der Waals surface area contributed by atoms with Crippen molar-refractivity contribution in [1.29, 1.82) is 0 Å². The minimum atomic E-state index is 0.761. The molecule has 0 fully saturated rings. The zero-order chi connectivity index (χ0) is 13.5. The molecule has 104 valence electrons. The first-order valence-electron chi connectivity index (χ1n) is 7.25. The van der Waals surface area contributed by atoms with E-state index >= 15 is 0 Å². The average Bonchev–Trinajstić information content (AvgIpc) is 2.60. The second-order valence-corrected chi connectivity index (χ2v) is 7.43. The fourth-order valence-corrected chi connectivity index (χ4v) is 3.19. The summed E-state index contributed by atoms with van der Waals surface area (Å²) >= 11 is 1.93. The highest BCUT2D eigenvalue weighted by Crippen LogP contribution is 2.23. The molecule has 0 saturated heterocycles. The van der Waals surface area contributed by atoms with E-state index in [9.17, 15) is 0 Å². The number of aryl methyl sites for hydroxylation is 3. The Hall–Kier alpha value is -0.340. The summed E-state index contributed by atoms with van der Waals surface area (Å²) in [5.41, 5.74) is 1.57. The summed E-state index contributed by atoms with van der Waals surface area (Å²) in [5.74, 6) is 1.58. The Morgan fingerprint density at radius 2 is 1.89 bits per heavy atom. The molecule has 1 aromatic rings. The smallest absolute Gasteiger partial charge is 0.00490 e. The van der Waals surface area contributed by atoms with Crippen LogP contribution in [0.1, 0.15) is 48.9 Å². The predicted octanol–water partition coefficient (Wildman–Crippen LogP) is 4.57. The van der Waals surface area contributed by atoms with Gasteiger partial charge in [0.25, 0.3) is 0 Å². The van der Waals surface area contributed by atoms with Crippen molar-refractivity contribution in [3.8, 4) is 0 Å². The molecule has 18 heavy (non-hydrogen) atoms. The molecule has 2 heteroatoms. The van der Waals surface area contributed by atoms with Crippen molar-refractivity contribution in [1.82, 2.24) is 5.32 Å². The van der Waals surface area contributed by atoms with E-state index in [2.05, 4.69) is 46.0 Å². The lowest BCUT2D eigenvalue weighted by molar-refractivity contribution is 0.454. The quantitative estimate of drug-likeness (QED) is 0.680. The van der Waals surface area contributed by atoms with Crippen molar-refractivity contribution in [3.05, 3.63) is 21.4 Å². The molecule has 1 heterocycles. The second-order valence-electron chi connectivity index (χ2n) is 5.97. The van der Waals surface area contributed by atoms with Crippen molar-refractivity contribution in [2.24, 2.45) is 11.8 Å². The van der Waals surface area contributed by atoms with Crippen LogP contribution in [0.3, 0.4) is 0 Å². The van der Waals surface area contributed by atoms with Crippen molar-refractivity contribution in [2.45, 2.75) is 53.9 Å². The molecular weight excluding hydrogens is 238 g/mol. The van der Waals surface area contributed by atoms with E-state index in [0.717, 1.165) is 18.4 Å². The van der Waals surface area contributed by atoms with Crippen LogP contribution in [0.25, 0.3) is 0 Å². The topological polar surface area (TPSA) is 12.0 Å². The molecule has 1 unspecified atom stereocenters. The van der Waals surface area contributed by atoms with E-state index in [-0.39, 0.29) is 0 Å². The molecule has 0 spiro atoms. The third-order valence-corrected chi connectivity index (χ3v) is 4.42. The van der Waals surface area contributed by atoms with Gasteiger partial charge >= 0.3 is 0 Å². The van der Waals surface area contributed by atoms with Crippen LogP contribution in [0.4, 0.5) is 0 Å². The molecule has 0 aliphatic heterocycles. The van der Waals surface area contributed by atoms with Gasteiger partial charge in [-0.3, -0.25) is 0 Å². The zero-order valence-electron chi connectivity index (χ0n) is 12.7. The van der Waals surface area contributed by atoms with Gasteiger partial charge < -0.3 is 5.32 Å². The summed E-state index contributed by atoms with van der Waals surface area (Å²) in [5, 5.41) is 3.53. The van der Waals surface area contributed by atoms with E-state index in [1.165, 1.54) is 35.6 Å². The maximum Gasteiger partial charge on any atom is 0.00490 e. The molecule has 0 saturated carbocycles. The van der Waals surface area contributed by atoms with Crippen LogP contribution in [-0.2, 0) is 6.42 Å². The van der Waals surface area contributed by atoms with Gasteiger partial charge in [0.2, 0.25) is 0 Å². The molecule has 0 aliphatic rings. The van der Waals surface area contributed by atoms with E-state index < -0.39 is 0 Å². The van der Waals surface area contributed by atoms with Gasteiger partial charge in [-0.05, 0) is 69.7 Å². The Balaban J connectivity index is 2.17. The molecule has 1 atom stereocenters. The largest absolute Gasteiger partial charge is 0.316 e. The highest BCUT2D eigenvalue weighted by molar-refractivity contribution is 7.12. The van der Waals surface area contributed by atoms with E-state index in [1.54, 1.807) is 5.56 Å². The Morgan fingerprint density at radius 3 is 2.44 bits per heavy atom. The molecule has 0 aromatic carbocycles. The lowest BCUT2D eigenvalue weighted by atomic mass is 9.98. The number of nitrogens with one attached hydrogen (secondary N) is 1. The van der Waals surface area contributed by atoms with Crippen LogP contribution in [0.15, 0.2) is 6.07 Å². The summed E-state index contributed by atoms with van der Waals surface area (Å²) in [6.45, 7) is 13.7. The third-order valence-electron chi connectivity index (χ3n) is 3.42. The third kappa shape index (κ3) is 6.01. The molecule has 0 amide bonds. The minimum absolute atomic E-state index is 0.761. The number of hydrogen-bond acceptors (Lipinski definition) is 2. The van der Waals surface area contributed by atoms with Gasteiger partial charge in [0.1, 0.15) is 0 Å². The zero-order valence-corrected chi connectivity index (χ0v) is 13.5. The van der Waals surface area contributed by atoms with Gasteiger partial charge in [-0.25, -0.2) is 0 Å². The normalized spacial score (nSPS) is 13.2. The standard InChI is InChI=1S/C16H29NS/c1-12(2)11-17-9-8-13(3)6-7-16-10-14(4)18-15(16)5/h10,12-13,17H,6-9,11H2,1-5H3. The Morgan fingerprint density at radius 1 is 1.17 bits per heavy atom. The van der Waals surface area contributed by atoms with Gasteiger partial charge in [-0.2, -0.15) is 0 Å². The number of rotatable bonds is 8. The summed E-state index contributed by atoms with van der Waals surface area (Å²) < 4.78 is 0. The first kappa shape index (κ1) is 15.7. The lowest BCUT2D eigenvalue weighted by Crippen LogP contribution is -2.22. The first-order valence-corrected chi connectivity index (χ1v) is 8.07.